The predicted molar refractivity (Wildman–Crippen MR) is 108 cm³/mol. The minimum atomic E-state index is -0.422. The summed E-state index contributed by atoms with van der Waals surface area (Å²) in [5, 5.41) is 14.2. The minimum Gasteiger partial charge on any atom is -0.347 e. The van der Waals surface area contributed by atoms with Gasteiger partial charge in [0, 0.05) is 32.5 Å². The van der Waals surface area contributed by atoms with Crippen LogP contribution in [0.15, 0.2) is 30.3 Å². The Bertz CT molecular complexity index is 850. The summed E-state index contributed by atoms with van der Waals surface area (Å²) < 4.78 is 2.13. The SMILES string of the molecule is O=C1CC[C@@H](C(=O)NCc2nnc3n2CCN(CCCc2ccccc2)CC3)N1. The van der Waals surface area contributed by atoms with Gasteiger partial charge in [0.1, 0.15) is 11.9 Å². The maximum atomic E-state index is 12.2. The second-order valence-corrected chi connectivity index (χ2v) is 7.74. The third kappa shape index (κ3) is 5.00. The molecule has 2 N–H and O–H groups in total. The van der Waals surface area contributed by atoms with Crippen LogP contribution in [-0.2, 0) is 35.5 Å². The number of fused-ring (bicyclic) bond motifs is 1. The first kappa shape index (κ1) is 19.6. The molecule has 2 aliphatic rings. The number of nitrogens with zero attached hydrogens (tertiary/aromatic N) is 4. The highest BCUT2D eigenvalue weighted by Gasteiger charge is 2.27. The van der Waals surface area contributed by atoms with E-state index in [1.54, 1.807) is 0 Å². The number of carbonyl (C=O) groups is 2. The fraction of sp³-hybridized carbons (Fsp3) is 0.524. The van der Waals surface area contributed by atoms with E-state index in [4.69, 9.17) is 0 Å². The molecule has 2 amide bonds. The number of nitrogens with one attached hydrogen (secondary N) is 2. The van der Waals surface area contributed by atoms with E-state index >= 15 is 0 Å². The third-order valence-corrected chi connectivity index (χ3v) is 5.71. The van der Waals surface area contributed by atoms with Crippen molar-refractivity contribution in [2.45, 2.75) is 51.2 Å². The highest BCUT2D eigenvalue weighted by molar-refractivity contribution is 5.90. The number of hydrogen-bond acceptors (Lipinski definition) is 5. The van der Waals surface area contributed by atoms with Crippen molar-refractivity contribution in [3.63, 3.8) is 0 Å². The number of aromatic nitrogens is 3. The Morgan fingerprint density at radius 1 is 1.14 bits per heavy atom. The molecular weight excluding hydrogens is 368 g/mol. The van der Waals surface area contributed by atoms with Crippen molar-refractivity contribution in [1.29, 1.82) is 0 Å². The zero-order valence-corrected chi connectivity index (χ0v) is 16.6. The lowest BCUT2D eigenvalue weighted by Gasteiger charge is -2.19. The summed E-state index contributed by atoms with van der Waals surface area (Å²) in [7, 11) is 0. The third-order valence-electron chi connectivity index (χ3n) is 5.71. The minimum absolute atomic E-state index is 0.0612. The average Bonchev–Trinajstić information content (AvgIpc) is 3.29. The monoisotopic (exact) mass is 396 g/mol. The molecule has 3 heterocycles. The lowest BCUT2D eigenvalue weighted by atomic mass is 10.1. The number of aryl methyl sites for hydroxylation is 1. The molecule has 2 aromatic rings. The van der Waals surface area contributed by atoms with E-state index in [-0.39, 0.29) is 11.8 Å². The average molecular weight is 396 g/mol. The molecule has 0 spiro atoms. The Morgan fingerprint density at radius 3 is 2.79 bits per heavy atom. The van der Waals surface area contributed by atoms with Gasteiger partial charge in [-0.2, -0.15) is 0 Å². The summed E-state index contributed by atoms with van der Waals surface area (Å²) in [6.45, 7) is 4.18. The van der Waals surface area contributed by atoms with Gasteiger partial charge in [0.2, 0.25) is 11.8 Å². The van der Waals surface area contributed by atoms with E-state index in [0.717, 1.165) is 57.1 Å². The van der Waals surface area contributed by atoms with Crippen LogP contribution in [0.4, 0.5) is 0 Å². The van der Waals surface area contributed by atoms with Gasteiger partial charge in [-0.3, -0.25) is 9.59 Å². The molecule has 1 fully saturated rings. The largest absolute Gasteiger partial charge is 0.347 e. The standard InChI is InChI=1S/C21H28N6O2/c28-20-9-8-17(23-20)21(29)22-15-19-25-24-18-10-12-26(13-14-27(18)19)11-4-7-16-5-2-1-3-6-16/h1-3,5-6,17H,4,7-15H2,(H,22,29)(H,23,28)/t17-/m0/s1. The molecule has 0 saturated carbocycles. The maximum Gasteiger partial charge on any atom is 0.242 e. The van der Waals surface area contributed by atoms with Crippen LogP contribution in [-0.4, -0.2) is 57.2 Å². The number of hydrogen-bond donors (Lipinski definition) is 2. The van der Waals surface area contributed by atoms with Crippen molar-refractivity contribution >= 4 is 11.8 Å². The van der Waals surface area contributed by atoms with Crippen LogP contribution in [0, 0.1) is 0 Å². The van der Waals surface area contributed by atoms with Crippen LogP contribution in [0.1, 0.15) is 36.5 Å². The molecule has 2 aliphatic heterocycles. The number of amides is 2. The summed E-state index contributed by atoms with van der Waals surface area (Å²) in [5.41, 5.74) is 1.39. The molecule has 0 aliphatic carbocycles. The fourth-order valence-corrected chi connectivity index (χ4v) is 4.03. The predicted octanol–water partition coefficient (Wildman–Crippen LogP) is 0.664. The molecule has 154 valence electrons. The van der Waals surface area contributed by atoms with Crippen molar-refractivity contribution in [2.75, 3.05) is 19.6 Å². The second kappa shape index (κ2) is 9.17. The molecule has 8 heteroatoms. The number of rotatable bonds is 7. The Hall–Kier alpha value is -2.74. The molecule has 0 unspecified atom stereocenters. The van der Waals surface area contributed by atoms with Crippen LogP contribution >= 0.6 is 0 Å². The van der Waals surface area contributed by atoms with Crippen LogP contribution in [0.25, 0.3) is 0 Å². The Kier molecular flexibility index (Phi) is 6.19. The van der Waals surface area contributed by atoms with Crippen molar-refractivity contribution in [3.8, 4) is 0 Å². The van der Waals surface area contributed by atoms with Gasteiger partial charge in [-0.1, -0.05) is 30.3 Å². The van der Waals surface area contributed by atoms with Gasteiger partial charge in [0.15, 0.2) is 5.82 Å². The van der Waals surface area contributed by atoms with E-state index in [2.05, 4.69) is 60.6 Å². The number of benzene rings is 1. The van der Waals surface area contributed by atoms with Gasteiger partial charge in [-0.25, -0.2) is 0 Å². The Balaban J connectivity index is 1.25. The Labute approximate surface area is 170 Å². The molecule has 8 nitrogen and oxygen atoms in total. The van der Waals surface area contributed by atoms with E-state index in [0.29, 0.717) is 19.4 Å². The quantitative estimate of drug-likeness (QED) is 0.718. The highest BCUT2D eigenvalue weighted by Crippen LogP contribution is 2.12. The van der Waals surface area contributed by atoms with Crippen LogP contribution in [0.5, 0.6) is 0 Å². The normalized spacial score (nSPS) is 19.4. The highest BCUT2D eigenvalue weighted by atomic mass is 16.2. The lowest BCUT2D eigenvalue weighted by Crippen LogP contribution is -2.41. The molecule has 1 saturated heterocycles. The van der Waals surface area contributed by atoms with E-state index in [1.165, 1.54) is 5.56 Å². The van der Waals surface area contributed by atoms with Crippen LogP contribution in [0.3, 0.4) is 0 Å². The van der Waals surface area contributed by atoms with Gasteiger partial charge in [-0.15, -0.1) is 10.2 Å². The molecule has 1 atom stereocenters. The zero-order valence-electron chi connectivity index (χ0n) is 16.6. The molecule has 29 heavy (non-hydrogen) atoms. The summed E-state index contributed by atoms with van der Waals surface area (Å²) in [6, 6.07) is 10.2. The topological polar surface area (TPSA) is 92.1 Å². The van der Waals surface area contributed by atoms with Gasteiger partial charge in [0.05, 0.1) is 6.54 Å². The zero-order chi connectivity index (χ0) is 20.1. The Morgan fingerprint density at radius 2 is 2.00 bits per heavy atom. The number of carbonyl (C=O) groups excluding carboxylic acids is 2. The van der Waals surface area contributed by atoms with Crippen LogP contribution in [0.2, 0.25) is 0 Å². The molecule has 1 aromatic heterocycles. The van der Waals surface area contributed by atoms with Gasteiger partial charge >= 0.3 is 0 Å². The first-order valence-corrected chi connectivity index (χ1v) is 10.4. The van der Waals surface area contributed by atoms with Gasteiger partial charge in [-0.05, 0) is 31.4 Å². The second-order valence-electron chi connectivity index (χ2n) is 7.74. The summed E-state index contributed by atoms with van der Waals surface area (Å²) in [5.74, 6) is 1.55. The maximum absolute atomic E-state index is 12.2. The molecule has 0 bridgehead atoms. The summed E-state index contributed by atoms with van der Waals surface area (Å²) >= 11 is 0. The van der Waals surface area contributed by atoms with Crippen LogP contribution < -0.4 is 10.6 Å². The lowest BCUT2D eigenvalue weighted by molar-refractivity contribution is -0.125. The molecule has 1 aromatic carbocycles. The van der Waals surface area contributed by atoms with Crippen molar-refractivity contribution in [2.24, 2.45) is 0 Å². The summed E-state index contributed by atoms with van der Waals surface area (Å²) in [4.78, 5) is 26.0. The molecule has 0 radical (unpaired) electrons. The first-order chi connectivity index (χ1) is 14.2. The van der Waals surface area contributed by atoms with Gasteiger partial charge < -0.3 is 20.1 Å². The van der Waals surface area contributed by atoms with E-state index in [1.807, 2.05) is 0 Å². The molecular formula is C21H28N6O2. The van der Waals surface area contributed by atoms with Gasteiger partial charge in [0.25, 0.3) is 0 Å². The fourth-order valence-electron chi connectivity index (χ4n) is 4.03. The van der Waals surface area contributed by atoms with E-state index in [9.17, 15) is 9.59 Å². The van der Waals surface area contributed by atoms with Crippen molar-refractivity contribution in [3.05, 3.63) is 47.5 Å². The van der Waals surface area contributed by atoms with Crippen molar-refractivity contribution < 1.29 is 9.59 Å². The first-order valence-electron chi connectivity index (χ1n) is 10.4. The van der Waals surface area contributed by atoms with E-state index < -0.39 is 6.04 Å². The summed E-state index contributed by atoms with van der Waals surface area (Å²) in [6.07, 6.45) is 4.07. The van der Waals surface area contributed by atoms with Crippen molar-refractivity contribution in [1.82, 2.24) is 30.3 Å². The smallest absolute Gasteiger partial charge is 0.242 e. The molecule has 4 rings (SSSR count).